The number of hydrogen-bond donors (Lipinski definition) is 2. The highest BCUT2D eigenvalue weighted by molar-refractivity contribution is 7.89. The van der Waals surface area contributed by atoms with E-state index in [1.807, 2.05) is 13.8 Å². The summed E-state index contributed by atoms with van der Waals surface area (Å²) >= 11 is 1.29. The van der Waals surface area contributed by atoms with Crippen LogP contribution in [0.3, 0.4) is 0 Å². The Morgan fingerprint density at radius 3 is 2.39 bits per heavy atom. The number of thiazole rings is 1. The van der Waals surface area contributed by atoms with Crippen LogP contribution in [0.15, 0.2) is 40.7 Å². The first-order chi connectivity index (χ1) is 14.7. The molecule has 3 rings (SSSR count). The number of rotatable bonds is 7. The van der Waals surface area contributed by atoms with Crippen molar-refractivity contribution in [2.24, 2.45) is 11.8 Å². The van der Waals surface area contributed by atoms with E-state index < -0.39 is 27.8 Å². The van der Waals surface area contributed by atoms with Crippen molar-refractivity contribution in [3.05, 3.63) is 41.7 Å². The Labute approximate surface area is 184 Å². The molecule has 0 spiro atoms. The van der Waals surface area contributed by atoms with Crippen molar-refractivity contribution in [3.63, 3.8) is 0 Å². The number of anilines is 1. The maximum Gasteiger partial charge on any atom is 0.248 e. The van der Waals surface area contributed by atoms with Gasteiger partial charge in [-0.15, -0.1) is 11.3 Å². The molecule has 2 heterocycles. The number of piperidine rings is 1. The number of carbonyl (C=O) groups is 2. The molecular formula is C20H25FN4O4S2. The van der Waals surface area contributed by atoms with E-state index in [2.05, 4.69) is 15.6 Å². The maximum atomic E-state index is 13.1. The normalized spacial score (nSPS) is 16.8. The van der Waals surface area contributed by atoms with Crippen molar-refractivity contribution < 1.29 is 22.4 Å². The number of amides is 2. The van der Waals surface area contributed by atoms with Gasteiger partial charge in [-0.3, -0.25) is 9.59 Å². The second-order valence-electron chi connectivity index (χ2n) is 7.69. The van der Waals surface area contributed by atoms with Gasteiger partial charge in [0, 0.05) is 30.6 Å². The van der Waals surface area contributed by atoms with Gasteiger partial charge in [0.2, 0.25) is 21.8 Å². The topological polar surface area (TPSA) is 108 Å². The third-order valence-corrected chi connectivity index (χ3v) is 7.79. The minimum atomic E-state index is -3.74. The second kappa shape index (κ2) is 9.84. The van der Waals surface area contributed by atoms with Crippen LogP contribution < -0.4 is 10.6 Å². The molecule has 8 nitrogen and oxygen atoms in total. The Kier molecular flexibility index (Phi) is 7.39. The highest BCUT2D eigenvalue weighted by Gasteiger charge is 2.34. The number of halogens is 1. The molecule has 2 amide bonds. The predicted molar refractivity (Wildman–Crippen MR) is 115 cm³/mol. The van der Waals surface area contributed by atoms with Crippen molar-refractivity contribution in [2.75, 3.05) is 18.4 Å². The molecule has 1 fully saturated rings. The van der Waals surface area contributed by atoms with Crippen LogP contribution in [0.1, 0.15) is 26.7 Å². The van der Waals surface area contributed by atoms with E-state index in [0.717, 1.165) is 12.1 Å². The summed E-state index contributed by atoms with van der Waals surface area (Å²) in [5.41, 5.74) is 0. The molecule has 1 aliphatic rings. The van der Waals surface area contributed by atoms with Crippen molar-refractivity contribution in [1.29, 1.82) is 0 Å². The van der Waals surface area contributed by atoms with E-state index in [9.17, 15) is 22.4 Å². The molecule has 0 radical (unpaired) electrons. The van der Waals surface area contributed by atoms with Crippen LogP contribution >= 0.6 is 11.3 Å². The zero-order chi connectivity index (χ0) is 22.6. The van der Waals surface area contributed by atoms with Crippen LogP contribution in [0.4, 0.5) is 9.52 Å². The first kappa shape index (κ1) is 23.3. The minimum Gasteiger partial charge on any atom is -0.344 e. The van der Waals surface area contributed by atoms with Gasteiger partial charge in [-0.25, -0.2) is 17.8 Å². The average molecular weight is 469 g/mol. The molecule has 31 heavy (non-hydrogen) atoms. The van der Waals surface area contributed by atoms with Gasteiger partial charge in [-0.2, -0.15) is 4.31 Å². The molecule has 2 N–H and O–H groups in total. The number of sulfonamides is 1. The van der Waals surface area contributed by atoms with E-state index in [1.54, 1.807) is 11.6 Å². The lowest BCUT2D eigenvalue weighted by Crippen LogP contribution is -2.50. The van der Waals surface area contributed by atoms with E-state index in [4.69, 9.17) is 0 Å². The van der Waals surface area contributed by atoms with Crippen LogP contribution in [0.2, 0.25) is 0 Å². The van der Waals surface area contributed by atoms with Crippen molar-refractivity contribution in [1.82, 2.24) is 14.6 Å². The Balaban J connectivity index is 1.58. The van der Waals surface area contributed by atoms with E-state index in [0.29, 0.717) is 18.0 Å². The third-order valence-electron chi connectivity index (χ3n) is 5.19. The van der Waals surface area contributed by atoms with Crippen LogP contribution in [-0.4, -0.2) is 48.7 Å². The van der Waals surface area contributed by atoms with Gasteiger partial charge in [0.15, 0.2) is 5.13 Å². The van der Waals surface area contributed by atoms with Crippen LogP contribution in [0.5, 0.6) is 0 Å². The highest BCUT2D eigenvalue weighted by atomic mass is 32.2. The first-order valence-electron chi connectivity index (χ1n) is 9.95. The fourth-order valence-electron chi connectivity index (χ4n) is 3.39. The molecule has 1 aromatic heterocycles. The fraction of sp³-hybridized carbons (Fsp3) is 0.450. The fourth-order valence-corrected chi connectivity index (χ4v) is 5.39. The lowest BCUT2D eigenvalue weighted by Gasteiger charge is -2.31. The lowest BCUT2D eigenvalue weighted by atomic mass is 9.95. The maximum absolute atomic E-state index is 13.1. The molecule has 1 saturated heterocycles. The van der Waals surface area contributed by atoms with Gasteiger partial charge in [-0.1, -0.05) is 13.8 Å². The average Bonchev–Trinajstić information content (AvgIpc) is 3.25. The second-order valence-corrected chi connectivity index (χ2v) is 10.5. The van der Waals surface area contributed by atoms with Crippen LogP contribution in [-0.2, 0) is 19.6 Å². The zero-order valence-electron chi connectivity index (χ0n) is 17.2. The van der Waals surface area contributed by atoms with E-state index in [-0.39, 0.29) is 35.7 Å². The Bertz CT molecular complexity index is 1000. The quantitative estimate of drug-likeness (QED) is 0.649. The summed E-state index contributed by atoms with van der Waals surface area (Å²) in [5, 5.41) is 7.71. The number of carbonyl (C=O) groups excluding carboxylic acids is 2. The van der Waals surface area contributed by atoms with Crippen molar-refractivity contribution >= 4 is 38.3 Å². The van der Waals surface area contributed by atoms with Crippen molar-refractivity contribution in [3.8, 4) is 0 Å². The molecule has 1 atom stereocenters. The van der Waals surface area contributed by atoms with Crippen LogP contribution in [0, 0.1) is 17.7 Å². The molecule has 1 aromatic carbocycles. The number of nitrogens with one attached hydrogen (secondary N) is 2. The summed E-state index contributed by atoms with van der Waals surface area (Å²) in [7, 11) is -3.74. The standard InChI is InChI=1S/C20H25FN4O4S2/c1-13(2)17(19(27)24-20-22-9-12-30-20)23-18(26)14-7-10-25(11-8-14)31(28,29)16-5-3-15(21)4-6-16/h3-6,9,12-14,17H,7-8,10-11H2,1-2H3,(H,23,26)(H,22,24,27)/t17-/m1/s1. The van der Waals surface area contributed by atoms with E-state index >= 15 is 0 Å². The van der Waals surface area contributed by atoms with Gasteiger partial charge in [0.05, 0.1) is 4.90 Å². The summed E-state index contributed by atoms with van der Waals surface area (Å²) in [4.78, 5) is 29.4. The first-order valence-corrected chi connectivity index (χ1v) is 12.3. The number of nitrogens with zero attached hydrogens (tertiary/aromatic N) is 2. The highest BCUT2D eigenvalue weighted by Crippen LogP contribution is 2.24. The summed E-state index contributed by atoms with van der Waals surface area (Å²) in [6.07, 6.45) is 2.26. The Morgan fingerprint density at radius 1 is 1.19 bits per heavy atom. The molecular weight excluding hydrogens is 443 g/mol. The van der Waals surface area contributed by atoms with Crippen molar-refractivity contribution in [2.45, 2.75) is 37.6 Å². The van der Waals surface area contributed by atoms with Gasteiger partial charge < -0.3 is 10.6 Å². The number of benzene rings is 1. The molecule has 0 saturated carbocycles. The van der Waals surface area contributed by atoms with Gasteiger partial charge in [-0.05, 0) is 43.0 Å². The van der Waals surface area contributed by atoms with Gasteiger partial charge >= 0.3 is 0 Å². The van der Waals surface area contributed by atoms with Gasteiger partial charge in [0.25, 0.3) is 0 Å². The SMILES string of the molecule is CC(C)[C@@H](NC(=O)C1CCN(S(=O)(=O)c2ccc(F)cc2)CC1)C(=O)Nc1nccs1. The number of aromatic nitrogens is 1. The summed E-state index contributed by atoms with van der Waals surface area (Å²) in [6.45, 7) is 4.03. The predicted octanol–water partition coefficient (Wildman–Crippen LogP) is 2.46. The molecule has 168 valence electrons. The van der Waals surface area contributed by atoms with Gasteiger partial charge in [0.1, 0.15) is 11.9 Å². The molecule has 0 aliphatic carbocycles. The lowest BCUT2D eigenvalue weighted by molar-refractivity contribution is -0.130. The Morgan fingerprint density at radius 2 is 1.84 bits per heavy atom. The molecule has 1 aliphatic heterocycles. The van der Waals surface area contributed by atoms with Crippen LogP contribution in [0.25, 0.3) is 0 Å². The zero-order valence-corrected chi connectivity index (χ0v) is 18.9. The molecule has 0 unspecified atom stereocenters. The summed E-state index contributed by atoms with van der Waals surface area (Å²) in [5.74, 6) is -1.65. The van der Waals surface area contributed by atoms with E-state index in [1.165, 1.54) is 27.8 Å². The number of hydrogen-bond acceptors (Lipinski definition) is 6. The largest absolute Gasteiger partial charge is 0.344 e. The molecule has 2 aromatic rings. The monoisotopic (exact) mass is 468 g/mol. The minimum absolute atomic E-state index is 0.0236. The molecule has 11 heteroatoms. The Hall–Kier alpha value is -2.37. The summed E-state index contributed by atoms with van der Waals surface area (Å²) in [6, 6.07) is 3.96. The summed E-state index contributed by atoms with van der Waals surface area (Å²) < 4.78 is 39.9. The third kappa shape index (κ3) is 5.66. The molecule has 0 bridgehead atoms. The smallest absolute Gasteiger partial charge is 0.248 e.